The van der Waals surface area contributed by atoms with Gasteiger partial charge in [0, 0.05) is 31.9 Å². The van der Waals surface area contributed by atoms with Crippen LogP contribution in [0.5, 0.6) is 0 Å². The summed E-state index contributed by atoms with van der Waals surface area (Å²) in [7, 11) is 3.60. The van der Waals surface area contributed by atoms with Crippen molar-refractivity contribution in [3.63, 3.8) is 0 Å². The summed E-state index contributed by atoms with van der Waals surface area (Å²) in [5, 5.41) is 6.38. The van der Waals surface area contributed by atoms with Gasteiger partial charge < -0.3 is 25.9 Å². The van der Waals surface area contributed by atoms with Crippen LogP contribution in [0.2, 0.25) is 0 Å². The van der Waals surface area contributed by atoms with Crippen molar-refractivity contribution in [2.24, 2.45) is 16.5 Å². The average molecular weight is 330 g/mol. The topological polar surface area (TPSA) is 111 Å². The van der Waals surface area contributed by atoms with E-state index in [1.54, 1.807) is 7.11 Å². The molecule has 1 aromatic rings. The Kier molecular flexibility index (Phi) is 5.01. The Balaban J connectivity index is 0.00000176. The number of aryl methyl sites for hydroxylation is 1. The molecule has 8 heteroatoms. The molecule has 0 fully saturated rings. The van der Waals surface area contributed by atoms with E-state index in [1.165, 1.54) is 0 Å². The molecule has 0 aromatic carbocycles. The van der Waals surface area contributed by atoms with Crippen LogP contribution in [0.4, 0.5) is 5.69 Å². The van der Waals surface area contributed by atoms with Gasteiger partial charge in [0.25, 0.3) is 0 Å². The molecular weight excluding hydrogens is 306 g/mol. The fourth-order valence-corrected chi connectivity index (χ4v) is 3.26. The van der Waals surface area contributed by atoms with Gasteiger partial charge in [0.2, 0.25) is 0 Å². The zero-order chi connectivity index (χ0) is 15.0. The Bertz CT molecular complexity index is 574. The van der Waals surface area contributed by atoms with E-state index in [4.69, 9.17) is 20.6 Å². The maximum atomic E-state index is 6.13. The summed E-state index contributed by atoms with van der Waals surface area (Å²) in [6.07, 6.45) is 3.51. The van der Waals surface area contributed by atoms with Crippen LogP contribution in [-0.4, -0.2) is 32.8 Å². The first kappa shape index (κ1) is 17.1. The number of halogens is 1. The molecule has 2 unspecified atom stereocenters. The zero-order valence-corrected chi connectivity index (χ0v) is 13.8. The third-order valence-electron chi connectivity index (χ3n) is 4.41. The summed E-state index contributed by atoms with van der Waals surface area (Å²) in [6, 6.07) is 0. The van der Waals surface area contributed by atoms with Crippen molar-refractivity contribution in [1.82, 2.24) is 5.32 Å². The van der Waals surface area contributed by atoms with Crippen LogP contribution < -0.4 is 22.1 Å². The first-order valence-electron chi connectivity index (χ1n) is 7.32. The van der Waals surface area contributed by atoms with Crippen LogP contribution in [0.15, 0.2) is 9.41 Å². The fraction of sp³-hybridized carbons (Fsp3) is 0.643. The molecule has 0 amide bonds. The lowest BCUT2D eigenvalue weighted by atomic mass is 9.92. The number of nitrogens with one attached hydrogen (secondary N) is 2. The maximum Gasteiger partial charge on any atom is 0.195 e. The van der Waals surface area contributed by atoms with E-state index in [0.717, 1.165) is 42.0 Å². The highest BCUT2D eigenvalue weighted by molar-refractivity contribution is 5.96. The molecule has 2 heterocycles. The van der Waals surface area contributed by atoms with Gasteiger partial charge in [-0.2, -0.15) is 0 Å². The van der Waals surface area contributed by atoms with Crippen molar-refractivity contribution in [1.29, 1.82) is 0 Å². The molecule has 0 saturated heterocycles. The van der Waals surface area contributed by atoms with Crippen molar-refractivity contribution in [2.45, 2.75) is 37.5 Å². The normalized spacial score (nSPS) is 26.3. The quantitative estimate of drug-likeness (QED) is 0.646. The second-order valence-corrected chi connectivity index (χ2v) is 5.58. The number of aliphatic imine (C=N–C) groups is 1. The largest absolute Gasteiger partial charge is 0.459 e. The van der Waals surface area contributed by atoms with Gasteiger partial charge in [-0.1, -0.05) is 0 Å². The molecule has 0 spiro atoms. The third kappa shape index (κ3) is 2.58. The van der Waals surface area contributed by atoms with Crippen LogP contribution in [-0.2, 0) is 23.2 Å². The first-order valence-corrected chi connectivity index (χ1v) is 7.32. The molecule has 1 aromatic heterocycles. The fourth-order valence-electron chi connectivity index (χ4n) is 3.26. The predicted octanol–water partition coefficient (Wildman–Crippen LogP) is 0.666. The van der Waals surface area contributed by atoms with E-state index < -0.39 is 5.66 Å². The minimum atomic E-state index is -0.681. The highest BCUT2D eigenvalue weighted by Crippen LogP contribution is 2.43. The lowest BCUT2D eigenvalue weighted by Crippen LogP contribution is -2.46. The smallest absolute Gasteiger partial charge is 0.195 e. The van der Waals surface area contributed by atoms with E-state index >= 15 is 0 Å². The number of rotatable bonds is 4. The Morgan fingerprint density at radius 3 is 2.95 bits per heavy atom. The van der Waals surface area contributed by atoms with Gasteiger partial charge in [0.05, 0.1) is 11.8 Å². The van der Waals surface area contributed by atoms with E-state index in [9.17, 15) is 0 Å². The Morgan fingerprint density at radius 2 is 2.32 bits per heavy atom. The van der Waals surface area contributed by atoms with Crippen molar-refractivity contribution < 1.29 is 9.15 Å². The molecule has 0 saturated carbocycles. The molecule has 2 aliphatic rings. The Morgan fingerprint density at radius 1 is 1.55 bits per heavy atom. The monoisotopic (exact) mass is 329 g/mol. The van der Waals surface area contributed by atoms with Gasteiger partial charge in [-0.25, -0.2) is 4.99 Å². The summed E-state index contributed by atoms with van der Waals surface area (Å²) in [5.41, 5.74) is 13.1. The number of nitrogens with two attached hydrogens (primary N) is 2. The number of methoxy groups -OCH3 is 1. The van der Waals surface area contributed by atoms with Gasteiger partial charge in [-0.15, -0.1) is 12.4 Å². The van der Waals surface area contributed by atoms with E-state index in [0.29, 0.717) is 18.9 Å². The SMILES string of the molecule is CNC1(CCN)N=C(N)Nc2c1oc1c2CC(OC)CC1.Cl. The van der Waals surface area contributed by atoms with Crippen molar-refractivity contribution in [3.05, 3.63) is 17.1 Å². The standard InChI is InChI=1S/C14H23N5O2.ClH/c1-17-14(5-6-15)12-11(18-13(16)19-14)9-7-8(20-2)3-4-10(9)21-12;/h8,17H,3-7,15H2,1-2H3,(H3,16,18,19);1H. The number of hydrogen-bond acceptors (Lipinski definition) is 7. The van der Waals surface area contributed by atoms with Crippen molar-refractivity contribution >= 4 is 24.1 Å². The lowest BCUT2D eigenvalue weighted by Gasteiger charge is -2.32. The molecule has 7 nitrogen and oxygen atoms in total. The molecule has 22 heavy (non-hydrogen) atoms. The van der Waals surface area contributed by atoms with E-state index in [2.05, 4.69) is 15.6 Å². The van der Waals surface area contributed by atoms with Crippen LogP contribution in [0.3, 0.4) is 0 Å². The highest BCUT2D eigenvalue weighted by Gasteiger charge is 2.42. The van der Waals surface area contributed by atoms with Crippen LogP contribution in [0.1, 0.15) is 29.9 Å². The van der Waals surface area contributed by atoms with Crippen LogP contribution in [0, 0.1) is 0 Å². The summed E-state index contributed by atoms with van der Waals surface area (Å²) in [5.74, 6) is 2.17. The minimum Gasteiger partial charge on any atom is -0.459 e. The average Bonchev–Trinajstić information content (AvgIpc) is 2.85. The van der Waals surface area contributed by atoms with Gasteiger partial charge in [0.15, 0.2) is 17.4 Å². The first-order chi connectivity index (χ1) is 10.1. The Labute approximate surface area is 136 Å². The van der Waals surface area contributed by atoms with Gasteiger partial charge in [0.1, 0.15) is 5.76 Å². The minimum absolute atomic E-state index is 0. The van der Waals surface area contributed by atoms with Crippen LogP contribution in [0.25, 0.3) is 0 Å². The zero-order valence-electron chi connectivity index (χ0n) is 12.9. The van der Waals surface area contributed by atoms with Crippen molar-refractivity contribution in [2.75, 3.05) is 26.0 Å². The van der Waals surface area contributed by atoms with E-state index in [-0.39, 0.29) is 18.5 Å². The summed E-state index contributed by atoms with van der Waals surface area (Å²) >= 11 is 0. The number of ether oxygens (including phenoxy) is 1. The molecular formula is C14H24ClN5O2. The summed E-state index contributed by atoms with van der Waals surface area (Å²) < 4.78 is 11.6. The number of guanidine groups is 1. The molecule has 0 radical (unpaired) electrons. The van der Waals surface area contributed by atoms with Crippen LogP contribution >= 0.6 is 12.4 Å². The third-order valence-corrected chi connectivity index (χ3v) is 4.41. The summed E-state index contributed by atoms with van der Waals surface area (Å²) in [6.45, 7) is 0.489. The number of fused-ring (bicyclic) bond motifs is 3. The number of hydrogen-bond donors (Lipinski definition) is 4. The molecule has 1 aliphatic carbocycles. The second-order valence-electron chi connectivity index (χ2n) is 5.58. The van der Waals surface area contributed by atoms with E-state index in [1.807, 2.05) is 7.05 Å². The molecule has 1 aliphatic heterocycles. The van der Waals surface area contributed by atoms with Gasteiger partial charge >= 0.3 is 0 Å². The van der Waals surface area contributed by atoms with Gasteiger partial charge in [-0.05, 0) is 20.0 Å². The predicted molar refractivity (Wildman–Crippen MR) is 88.4 cm³/mol. The van der Waals surface area contributed by atoms with Crippen molar-refractivity contribution in [3.8, 4) is 0 Å². The maximum absolute atomic E-state index is 6.13. The number of nitrogens with zero attached hydrogens (tertiary/aromatic N) is 1. The highest BCUT2D eigenvalue weighted by atomic mass is 35.5. The molecule has 0 bridgehead atoms. The number of furan rings is 1. The lowest BCUT2D eigenvalue weighted by molar-refractivity contribution is 0.0884. The Hall–Kier alpha value is -1.28. The molecule has 6 N–H and O–H groups in total. The van der Waals surface area contributed by atoms with Gasteiger partial charge in [-0.3, -0.25) is 5.32 Å². The molecule has 124 valence electrons. The summed E-state index contributed by atoms with van der Waals surface area (Å²) in [4.78, 5) is 4.51. The number of anilines is 1. The second kappa shape index (κ2) is 6.45. The molecule has 2 atom stereocenters. The molecule has 3 rings (SSSR count).